The summed E-state index contributed by atoms with van der Waals surface area (Å²) in [6.07, 6.45) is 8.10. The highest BCUT2D eigenvalue weighted by molar-refractivity contribution is 5.91. The number of aromatic nitrogens is 4. The predicted molar refractivity (Wildman–Crippen MR) is 98.3 cm³/mol. The maximum absolute atomic E-state index is 4.53. The van der Waals surface area contributed by atoms with Gasteiger partial charge in [-0.3, -0.25) is 0 Å². The van der Waals surface area contributed by atoms with Gasteiger partial charge in [-0.25, -0.2) is 9.50 Å². The molecule has 0 aliphatic heterocycles. The van der Waals surface area contributed by atoms with Crippen molar-refractivity contribution in [2.45, 2.75) is 27.3 Å². The Labute approximate surface area is 141 Å². The summed E-state index contributed by atoms with van der Waals surface area (Å²) in [5.74, 6) is 0. The van der Waals surface area contributed by atoms with Gasteiger partial charge in [0.25, 0.3) is 0 Å². The summed E-state index contributed by atoms with van der Waals surface area (Å²) in [6.45, 7) is 11.0. The summed E-state index contributed by atoms with van der Waals surface area (Å²) in [5, 5.41) is 5.75. The van der Waals surface area contributed by atoms with E-state index in [1.807, 2.05) is 36.0 Å². The molecule has 0 saturated carbocycles. The molecule has 0 bridgehead atoms. The van der Waals surface area contributed by atoms with Crippen LogP contribution in [-0.2, 0) is 6.54 Å². The van der Waals surface area contributed by atoms with Crippen molar-refractivity contribution in [1.29, 1.82) is 0 Å². The standard InChI is InChI=1S/C20H20N4/c1-5-6-23-11-14(3)18-9-16(7-13(2)20(18)23)17-10-21-19-8-15(4)22-24(19)12-17/h5,7-12H,1,6H2,2-4H3. The number of nitrogens with zero attached hydrogens (tertiary/aromatic N) is 4. The molecule has 0 fully saturated rings. The van der Waals surface area contributed by atoms with E-state index in [1.54, 1.807) is 0 Å². The topological polar surface area (TPSA) is 35.1 Å². The summed E-state index contributed by atoms with van der Waals surface area (Å²) < 4.78 is 4.11. The first-order chi connectivity index (χ1) is 11.6. The van der Waals surface area contributed by atoms with E-state index in [0.717, 1.165) is 23.4 Å². The van der Waals surface area contributed by atoms with Crippen molar-refractivity contribution in [3.05, 3.63) is 66.3 Å². The molecule has 120 valence electrons. The molecule has 3 heterocycles. The molecule has 4 nitrogen and oxygen atoms in total. The van der Waals surface area contributed by atoms with Crippen molar-refractivity contribution in [3.8, 4) is 11.1 Å². The third-order valence-electron chi connectivity index (χ3n) is 4.46. The molecule has 0 unspecified atom stereocenters. The Morgan fingerprint density at radius 3 is 2.67 bits per heavy atom. The smallest absolute Gasteiger partial charge is 0.155 e. The SMILES string of the molecule is C=CCn1cc(C)c2cc(-c3cnc4cc(C)nn4c3)cc(C)c21. The number of hydrogen-bond acceptors (Lipinski definition) is 2. The highest BCUT2D eigenvalue weighted by Crippen LogP contribution is 2.30. The van der Waals surface area contributed by atoms with E-state index in [4.69, 9.17) is 0 Å². The van der Waals surface area contributed by atoms with Crippen LogP contribution < -0.4 is 0 Å². The lowest BCUT2D eigenvalue weighted by molar-refractivity contribution is 0.859. The summed E-state index contributed by atoms with van der Waals surface area (Å²) in [4.78, 5) is 4.53. The fraction of sp³-hybridized carbons (Fsp3) is 0.200. The summed E-state index contributed by atoms with van der Waals surface area (Å²) >= 11 is 0. The number of hydrogen-bond donors (Lipinski definition) is 0. The fourth-order valence-corrected chi connectivity index (χ4v) is 3.42. The second kappa shape index (κ2) is 5.34. The second-order valence-electron chi connectivity index (χ2n) is 6.37. The first-order valence-corrected chi connectivity index (χ1v) is 8.10. The van der Waals surface area contributed by atoms with Gasteiger partial charge in [0.2, 0.25) is 0 Å². The van der Waals surface area contributed by atoms with E-state index in [9.17, 15) is 0 Å². The van der Waals surface area contributed by atoms with Gasteiger partial charge in [0, 0.05) is 42.2 Å². The van der Waals surface area contributed by atoms with Gasteiger partial charge in [0.15, 0.2) is 5.65 Å². The van der Waals surface area contributed by atoms with E-state index >= 15 is 0 Å². The van der Waals surface area contributed by atoms with Crippen LogP contribution in [0.5, 0.6) is 0 Å². The van der Waals surface area contributed by atoms with E-state index in [1.165, 1.54) is 27.6 Å². The van der Waals surface area contributed by atoms with E-state index < -0.39 is 0 Å². The minimum atomic E-state index is 0.824. The van der Waals surface area contributed by atoms with Crippen molar-refractivity contribution in [2.24, 2.45) is 0 Å². The van der Waals surface area contributed by atoms with Gasteiger partial charge < -0.3 is 4.57 Å². The normalized spacial score (nSPS) is 11.5. The summed E-state index contributed by atoms with van der Waals surface area (Å²) in [6, 6.07) is 6.45. The molecule has 24 heavy (non-hydrogen) atoms. The van der Waals surface area contributed by atoms with Crippen molar-refractivity contribution in [1.82, 2.24) is 19.2 Å². The molecule has 0 spiro atoms. The van der Waals surface area contributed by atoms with Gasteiger partial charge in [-0.15, -0.1) is 6.58 Å². The Hall–Kier alpha value is -2.88. The minimum absolute atomic E-state index is 0.824. The molecule has 0 N–H and O–H groups in total. The van der Waals surface area contributed by atoms with E-state index in [2.05, 4.69) is 53.4 Å². The highest BCUT2D eigenvalue weighted by Gasteiger charge is 2.11. The Morgan fingerprint density at radius 2 is 1.88 bits per heavy atom. The lowest BCUT2D eigenvalue weighted by Crippen LogP contribution is -1.95. The van der Waals surface area contributed by atoms with Crippen molar-refractivity contribution in [2.75, 3.05) is 0 Å². The molecule has 0 aliphatic rings. The molecule has 0 aliphatic carbocycles. The molecule has 3 aromatic heterocycles. The van der Waals surface area contributed by atoms with Gasteiger partial charge in [-0.1, -0.05) is 6.08 Å². The first kappa shape index (κ1) is 14.7. The average Bonchev–Trinajstić information content (AvgIpc) is 3.06. The van der Waals surface area contributed by atoms with Crippen molar-refractivity contribution >= 4 is 16.6 Å². The summed E-state index contributed by atoms with van der Waals surface area (Å²) in [5.41, 5.74) is 7.91. The largest absolute Gasteiger partial charge is 0.343 e. The molecule has 0 saturated heterocycles. The van der Waals surface area contributed by atoms with Crippen LogP contribution in [0.1, 0.15) is 16.8 Å². The highest BCUT2D eigenvalue weighted by atomic mass is 15.2. The number of benzene rings is 1. The third kappa shape index (κ3) is 2.22. The second-order valence-corrected chi connectivity index (χ2v) is 6.37. The predicted octanol–water partition coefficient (Wildman–Crippen LogP) is 4.46. The average molecular weight is 316 g/mol. The van der Waals surface area contributed by atoms with Gasteiger partial charge in [0.05, 0.1) is 11.2 Å². The zero-order valence-electron chi connectivity index (χ0n) is 14.2. The lowest BCUT2D eigenvalue weighted by atomic mass is 10.0. The Balaban J connectivity index is 1.92. The van der Waals surface area contributed by atoms with Gasteiger partial charge in [-0.2, -0.15) is 5.10 Å². The summed E-state index contributed by atoms with van der Waals surface area (Å²) in [7, 11) is 0. The van der Waals surface area contributed by atoms with Gasteiger partial charge in [-0.05, 0) is 49.6 Å². The molecule has 0 radical (unpaired) electrons. The third-order valence-corrected chi connectivity index (χ3v) is 4.46. The molecular formula is C20H20N4. The zero-order chi connectivity index (χ0) is 16.8. The molecule has 4 heteroatoms. The van der Waals surface area contributed by atoms with Crippen LogP contribution in [0.2, 0.25) is 0 Å². The van der Waals surface area contributed by atoms with Crippen LogP contribution in [0.25, 0.3) is 27.7 Å². The number of rotatable bonds is 3. The molecule has 0 atom stereocenters. The van der Waals surface area contributed by atoms with E-state index in [-0.39, 0.29) is 0 Å². The monoisotopic (exact) mass is 316 g/mol. The van der Waals surface area contributed by atoms with Crippen LogP contribution in [0, 0.1) is 20.8 Å². The lowest BCUT2D eigenvalue weighted by Gasteiger charge is -2.08. The Kier molecular flexibility index (Phi) is 3.27. The van der Waals surface area contributed by atoms with Crippen LogP contribution in [0.15, 0.2) is 49.4 Å². The molecule has 4 aromatic rings. The zero-order valence-corrected chi connectivity index (χ0v) is 14.2. The minimum Gasteiger partial charge on any atom is -0.343 e. The molecule has 4 rings (SSSR count). The Bertz CT molecular complexity index is 1080. The van der Waals surface area contributed by atoms with Gasteiger partial charge >= 0.3 is 0 Å². The number of aryl methyl sites for hydroxylation is 3. The van der Waals surface area contributed by atoms with Crippen molar-refractivity contribution in [3.63, 3.8) is 0 Å². The maximum atomic E-state index is 4.53. The van der Waals surface area contributed by atoms with Crippen LogP contribution in [0.4, 0.5) is 0 Å². The van der Waals surface area contributed by atoms with E-state index in [0.29, 0.717) is 0 Å². The molecular weight excluding hydrogens is 296 g/mol. The van der Waals surface area contributed by atoms with Crippen LogP contribution >= 0.6 is 0 Å². The fourth-order valence-electron chi connectivity index (χ4n) is 3.42. The maximum Gasteiger partial charge on any atom is 0.155 e. The number of fused-ring (bicyclic) bond motifs is 2. The molecule has 0 amide bonds. The van der Waals surface area contributed by atoms with Crippen molar-refractivity contribution < 1.29 is 0 Å². The number of allylic oxidation sites excluding steroid dienone is 1. The first-order valence-electron chi connectivity index (χ1n) is 8.10. The quantitative estimate of drug-likeness (QED) is 0.523. The molecule has 1 aromatic carbocycles. The van der Waals surface area contributed by atoms with Gasteiger partial charge in [0.1, 0.15) is 0 Å². The van der Waals surface area contributed by atoms with Crippen LogP contribution in [-0.4, -0.2) is 19.2 Å². The van der Waals surface area contributed by atoms with Crippen LogP contribution in [0.3, 0.4) is 0 Å². The Morgan fingerprint density at radius 1 is 1.04 bits per heavy atom.